The van der Waals surface area contributed by atoms with Gasteiger partial charge in [-0.25, -0.2) is 9.78 Å². The van der Waals surface area contributed by atoms with E-state index in [9.17, 15) is 24.0 Å². The van der Waals surface area contributed by atoms with E-state index in [0.29, 0.717) is 6.41 Å². The van der Waals surface area contributed by atoms with Crippen LogP contribution in [0.15, 0.2) is 83.9 Å². The number of carbonyl (C=O) groups is 5. The number of rotatable bonds is 13. The Bertz CT molecular complexity index is 1700. The van der Waals surface area contributed by atoms with Gasteiger partial charge >= 0.3 is 11.9 Å². The maximum absolute atomic E-state index is 13.9. The highest BCUT2D eigenvalue weighted by Gasteiger charge is 2.57. The monoisotopic (exact) mass is 705 g/mol. The van der Waals surface area contributed by atoms with Crippen molar-refractivity contribution in [2.24, 2.45) is 10.6 Å². The molecular formula is C34H35N5O8S2. The number of nitrogens with one attached hydrogen (secondary N) is 2. The molecule has 1 aromatic heterocycles. The largest absolute Gasteiger partial charge is 0.457 e. The summed E-state index contributed by atoms with van der Waals surface area (Å²) in [5.41, 5.74) is -0.621. The predicted molar refractivity (Wildman–Crippen MR) is 183 cm³/mol. The van der Waals surface area contributed by atoms with Gasteiger partial charge in [-0.15, -0.1) is 29.7 Å². The minimum Gasteiger partial charge on any atom is -0.457 e. The summed E-state index contributed by atoms with van der Waals surface area (Å²) >= 11 is 2.35. The first kappa shape index (κ1) is 35.3. The molecule has 3 atom stereocenters. The predicted octanol–water partition coefficient (Wildman–Crippen LogP) is 3.68. The summed E-state index contributed by atoms with van der Waals surface area (Å²) in [5, 5.41) is 10.1. The van der Waals surface area contributed by atoms with Gasteiger partial charge < -0.3 is 29.8 Å². The van der Waals surface area contributed by atoms with Crippen molar-refractivity contribution in [2.45, 2.75) is 43.9 Å². The average Bonchev–Trinajstić information content (AvgIpc) is 3.55. The van der Waals surface area contributed by atoms with Crippen LogP contribution >= 0.6 is 23.1 Å². The van der Waals surface area contributed by atoms with E-state index in [1.165, 1.54) is 28.1 Å². The van der Waals surface area contributed by atoms with E-state index in [2.05, 4.69) is 27.4 Å². The number of aromatic nitrogens is 1. The van der Waals surface area contributed by atoms with Crippen LogP contribution in [0.5, 0.6) is 0 Å². The number of anilines is 1. The zero-order valence-corrected chi connectivity index (χ0v) is 28.6. The highest BCUT2D eigenvalue weighted by Crippen LogP contribution is 2.44. The lowest BCUT2D eigenvalue weighted by Crippen LogP contribution is -2.73. The lowest BCUT2D eigenvalue weighted by Gasteiger charge is -2.53. The van der Waals surface area contributed by atoms with Crippen LogP contribution < -0.4 is 10.6 Å². The quantitative estimate of drug-likeness (QED) is 0.0669. The van der Waals surface area contributed by atoms with Crippen LogP contribution in [-0.4, -0.2) is 81.7 Å². The fourth-order valence-corrected chi connectivity index (χ4v) is 7.35. The molecule has 2 unspecified atom stereocenters. The number of ether oxygens (including phenoxy) is 2. The molecule has 2 N–H and O–H groups in total. The highest BCUT2D eigenvalue weighted by atomic mass is 32.2. The fraction of sp³-hybridized carbons (Fsp3) is 0.324. The normalized spacial score (nSPS) is 20.4. The first-order valence-corrected chi connectivity index (χ1v) is 17.1. The van der Waals surface area contributed by atoms with Gasteiger partial charge in [-0.3, -0.25) is 19.2 Å². The lowest BCUT2D eigenvalue weighted by atomic mass is 9.87. The molecule has 0 saturated carbocycles. The van der Waals surface area contributed by atoms with E-state index in [0.717, 1.165) is 22.5 Å². The number of carbonyl (C=O) groups excluding carboxylic acids is 5. The van der Waals surface area contributed by atoms with Crippen molar-refractivity contribution in [1.29, 1.82) is 0 Å². The van der Waals surface area contributed by atoms with Crippen molar-refractivity contribution in [3.05, 3.63) is 95.5 Å². The van der Waals surface area contributed by atoms with Gasteiger partial charge in [0.1, 0.15) is 28.1 Å². The molecule has 5 rings (SSSR count). The SMILES string of the molecule is C=CC1(C(=O)OC(c2ccccc2)c2ccccc2)CS[C@@H]2C(NC(=O)C(=NOCC(=O)OC(C)(C)C)c3csc(NC=O)n3)C(=O)N2C1. The van der Waals surface area contributed by atoms with Crippen molar-refractivity contribution in [3.8, 4) is 0 Å². The number of hydrogen-bond acceptors (Lipinski definition) is 12. The van der Waals surface area contributed by atoms with Crippen LogP contribution in [0.1, 0.15) is 43.7 Å². The zero-order valence-electron chi connectivity index (χ0n) is 27.0. The molecular weight excluding hydrogens is 671 g/mol. The molecule has 3 amide bonds. The molecule has 49 heavy (non-hydrogen) atoms. The minimum atomic E-state index is -1.20. The van der Waals surface area contributed by atoms with Gasteiger partial charge in [-0.1, -0.05) is 71.9 Å². The maximum atomic E-state index is 13.9. The van der Waals surface area contributed by atoms with Gasteiger partial charge in [-0.2, -0.15) is 0 Å². The molecule has 3 heterocycles. The molecule has 2 fully saturated rings. The van der Waals surface area contributed by atoms with E-state index in [-0.39, 0.29) is 28.8 Å². The van der Waals surface area contributed by atoms with Gasteiger partial charge in [0.25, 0.3) is 5.91 Å². The molecule has 3 aromatic rings. The smallest absolute Gasteiger partial charge is 0.347 e. The number of oxime groups is 1. The molecule has 2 aliphatic rings. The van der Waals surface area contributed by atoms with E-state index in [1.807, 2.05) is 60.7 Å². The molecule has 0 radical (unpaired) electrons. The Kier molecular flexibility index (Phi) is 10.8. The minimum absolute atomic E-state index is 0.0151. The van der Waals surface area contributed by atoms with Crippen LogP contribution in [0.25, 0.3) is 0 Å². The number of thiazole rings is 1. The van der Waals surface area contributed by atoms with Crippen LogP contribution in [0, 0.1) is 5.41 Å². The summed E-state index contributed by atoms with van der Waals surface area (Å²) in [5.74, 6) is -2.18. The second-order valence-corrected chi connectivity index (χ2v) is 14.1. The van der Waals surface area contributed by atoms with Gasteiger partial charge in [-0.05, 0) is 31.9 Å². The Hall–Kier alpha value is -5.02. The molecule has 15 heteroatoms. The summed E-state index contributed by atoms with van der Waals surface area (Å²) in [4.78, 5) is 74.6. The molecule has 2 aliphatic heterocycles. The summed E-state index contributed by atoms with van der Waals surface area (Å²) in [6.07, 6.45) is 1.28. The number of fused-ring (bicyclic) bond motifs is 1. The van der Waals surface area contributed by atoms with Gasteiger partial charge in [0.15, 0.2) is 16.9 Å². The molecule has 0 aliphatic carbocycles. The van der Waals surface area contributed by atoms with Crippen molar-refractivity contribution in [1.82, 2.24) is 15.2 Å². The highest BCUT2D eigenvalue weighted by molar-refractivity contribution is 8.00. The number of benzene rings is 2. The Balaban J connectivity index is 1.28. The second-order valence-electron chi connectivity index (χ2n) is 12.2. The van der Waals surface area contributed by atoms with E-state index in [4.69, 9.17) is 14.3 Å². The van der Waals surface area contributed by atoms with Gasteiger partial charge in [0, 0.05) is 17.7 Å². The summed E-state index contributed by atoms with van der Waals surface area (Å²) in [7, 11) is 0. The van der Waals surface area contributed by atoms with E-state index < -0.39 is 58.9 Å². The number of thioether (sulfide) groups is 1. The summed E-state index contributed by atoms with van der Waals surface area (Å²) in [6, 6.07) is 17.8. The Morgan fingerprint density at radius 3 is 2.37 bits per heavy atom. The Morgan fingerprint density at radius 2 is 1.78 bits per heavy atom. The topological polar surface area (TPSA) is 166 Å². The zero-order chi connectivity index (χ0) is 35.2. The number of nitrogens with zero attached hydrogens (tertiary/aromatic N) is 3. The molecule has 0 bridgehead atoms. The third kappa shape index (κ3) is 8.17. The van der Waals surface area contributed by atoms with Crippen molar-refractivity contribution >= 4 is 64.1 Å². The number of amides is 3. The van der Waals surface area contributed by atoms with Crippen LogP contribution in [0.2, 0.25) is 0 Å². The standard InChI is InChI=1S/C34H35N5O8S2/c1-5-34(31(44)46-27(21-12-8-6-9-13-21)22-14-10-7-11-15-22)18-39-29(43)26(30(39)49-19-34)37-28(42)25(23-17-48-32(36-23)35-20-40)38-45-16-24(41)47-33(2,3)4/h5-15,17,20,26-27,30H,1,16,18-19H2,2-4H3,(H,37,42)(H,35,36,40)/t26?,30-,34?/m1/s1. The van der Waals surface area contributed by atoms with Crippen molar-refractivity contribution in [3.63, 3.8) is 0 Å². The second kappa shape index (κ2) is 15.0. The third-order valence-corrected chi connectivity index (χ3v) is 9.85. The molecule has 256 valence electrons. The van der Waals surface area contributed by atoms with E-state index >= 15 is 0 Å². The lowest BCUT2D eigenvalue weighted by molar-refractivity contribution is -0.162. The molecule has 2 saturated heterocycles. The maximum Gasteiger partial charge on any atom is 0.347 e. The average molecular weight is 706 g/mol. The Labute approximate surface area is 291 Å². The van der Waals surface area contributed by atoms with Gasteiger partial charge in [0.05, 0.1) is 0 Å². The Morgan fingerprint density at radius 1 is 1.12 bits per heavy atom. The molecule has 2 aromatic carbocycles. The number of hydrogen-bond donors (Lipinski definition) is 2. The summed E-state index contributed by atoms with van der Waals surface area (Å²) in [6.45, 7) is 8.44. The molecule has 0 spiro atoms. The van der Waals surface area contributed by atoms with E-state index in [1.54, 1.807) is 20.8 Å². The number of β-lactam (4-membered cyclic amide) rings is 1. The molecule has 13 nitrogen and oxygen atoms in total. The first-order chi connectivity index (χ1) is 23.4. The third-order valence-electron chi connectivity index (χ3n) is 7.52. The fourth-order valence-electron chi connectivity index (χ4n) is 5.17. The van der Waals surface area contributed by atoms with Crippen LogP contribution in [0.3, 0.4) is 0 Å². The van der Waals surface area contributed by atoms with Gasteiger partial charge in [0.2, 0.25) is 18.9 Å². The van der Waals surface area contributed by atoms with Crippen molar-refractivity contribution in [2.75, 3.05) is 24.2 Å². The summed E-state index contributed by atoms with van der Waals surface area (Å²) < 4.78 is 11.4. The van der Waals surface area contributed by atoms with Crippen LogP contribution in [-0.2, 0) is 38.3 Å². The number of esters is 2. The van der Waals surface area contributed by atoms with Crippen LogP contribution in [0.4, 0.5) is 5.13 Å². The van der Waals surface area contributed by atoms with Crippen molar-refractivity contribution < 1.29 is 38.3 Å². The first-order valence-electron chi connectivity index (χ1n) is 15.2.